The number of hydrogen-bond acceptors (Lipinski definition) is 4. The number of allylic oxidation sites excluding steroid dienone is 1. The van der Waals surface area contributed by atoms with Crippen LogP contribution >= 0.6 is 0 Å². The minimum absolute atomic E-state index is 0.629. The summed E-state index contributed by atoms with van der Waals surface area (Å²) in [6.45, 7) is 10.4. The van der Waals surface area contributed by atoms with Crippen LogP contribution in [0.3, 0.4) is 0 Å². The Kier molecular flexibility index (Phi) is 10.4. The quantitative estimate of drug-likeness (QED) is 0.344. The molecule has 0 bridgehead atoms. The van der Waals surface area contributed by atoms with Crippen molar-refractivity contribution < 1.29 is 13.3 Å². The van der Waals surface area contributed by atoms with Crippen LogP contribution in [0.2, 0.25) is 6.04 Å². The van der Waals surface area contributed by atoms with Gasteiger partial charge in [0.2, 0.25) is 0 Å². The zero-order valence-electron chi connectivity index (χ0n) is 11.5. The lowest BCUT2D eigenvalue weighted by molar-refractivity contribution is 0.0710. The van der Waals surface area contributed by atoms with Crippen LogP contribution < -0.4 is 0 Å². The lowest BCUT2D eigenvalue weighted by Gasteiger charge is -2.28. The minimum atomic E-state index is -2.45. The van der Waals surface area contributed by atoms with E-state index in [9.17, 15) is 0 Å². The Bertz CT molecular complexity index is 223. The molecule has 0 atom stereocenters. The summed E-state index contributed by atoms with van der Waals surface area (Å²) >= 11 is 0. The molecule has 0 aromatic rings. The molecule has 0 saturated heterocycles. The average molecular weight is 259 g/mol. The third kappa shape index (κ3) is 7.47. The minimum Gasteiger partial charge on any atom is -0.374 e. The Hall–Kier alpha value is -0.453. The van der Waals surface area contributed by atoms with E-state index >= 15 is 0 Å². The highest BCUT2D eigenvalue weighted by molar-refractivity contribution is 6.60. The van der Waals surface area contributed by atoms with E-state index < -0.39 is 8.80 Å². The molecule has 0 spiro atoms. The Morgan fingerprint density at radius 3 is 2.00 bits per heavy atom. The normalized spacial score (nSPS) is 11.1. The maximum Gasteiger partial charge on any atom is 0.500 e. The van der Waals surface area contributed by atoms with E-state index in [0.717, 1.165) is 19.0 Å². The van der Waals surface area contributed by atoms with Gasteiger partial charge >= 0.3 is 8.80 Å². The lowest BCUT2D eigenvalue weighted by Crippen LogP contribution is -2.46. The number of aliphatic imine (C=N–C) groups is 1. The summed E-state index contributed by atoms with van der Waals surface area (Å²) in [6.07, 6.45) is 2.71. The molecule has 0 unspecified atom stereocenters. The van der Waals surface area contributed by atoms with E-state index in [1.54, 1.807) is 6.08 Å². The van der Waals surface area contributed by atoms with Gasteiger partial charge < -0.3 is 13.3 Å². The highest BCUT2D eigenvalue weighted by Gasteiger charge is 2.39. The largest absolute Gasteiger partial charge is 0.500 e. The van der Waals surface area contributed by atoms with Crippen LogP contribution in [0.4, 0.5) is 0 Å². The molecule has 100 valence electrons. The second-order valence-corrected chi connectivity index (χ2v) is 6.12. The van der Waals surface area contributed by atoms with Crippen molar-refractivity contribution in [2.45, 2.75) is 40.2 Å². The van der Waals surface area contributed by atoms with Crippen molar-refractivity contribution in [2.24, 2.45) is 4.99 Å². The van der Waals surface area contributed by atoms with Gasteiger partial charge in [0.25, 0.3) is 0 Å². The van der Waals surface area contributed by atoms with Crippen LogP contribution in [-0.2, 0) is 13.3 Å². The monoisotopic (exact) mass is 259 g/mol. The fourth-order valence-corrected chi connectivity index (χ4v) is 4.13. The molecule has 0 aliphatic rings. The molecule has 5 heteroatoms. The van der Waals surface area contributed by atoms with Crippen LogP contribution in [0.25, 0.3) is 0 Å². The maximum atomic E-state index is 5.74. The van der Waals surface area contributed by atoms with Gasteiger partial charge in [0.15, 0.2) is 0 Å². The van der Waals surface area contributed by atoms with Crippen LogP contribution in [-0.4, -0.2) is 41.0 Å². The fourth-order valence-electron chi connectivity index (χ4n) is 1.53. The lowest BCUT2D eigenvalue weighted by atomic mass is 10.5. The molecule has 0 saturated carbocycles. The zero-order chi connectivity index (χ0) is 13.0. The molecule has 0 radical (unpaired) electrons. The second kappa shape index (κ2) is 10.7. The first-order valence-corrected chi connectivity index (χ1v) is 8.29. The van der Waals surface area contributed by atoms with Crippen LogP contribution in [0.5, 0.6) is 0 Å². The summed E-state index contributed by atoms with van der Waals surface area (Å²) in [5.41, 5.74) is 0. The summed E-state index contributed by atoms with van der Waals surface area (Å²) in [7, 11) is -2.45. The van der Waals surface area contributed by atoms with Crippen molar-refractivity contribution in [1.82, 2.24) is 0 Å². The van der Waals surface area contributed by atoms with Gasteiger partial charge in [0.1, 0.15) is 0 Å². The Labute approximate surface area is 106 Å². The van der Waals surface area contributed by atoms with Crippen molar-refractivity contribution in [3.63, 3.8) is 0 Å². The van der Waals surface area contributed by atoms with Gasteiger partial charge in [-0.25, -0.2) is 4.99 Å². The smallest absolute Gasteiger partial charge is 0.374 e. The van der Waals surface area contributed by atoms with Gasteiger partial charge in [-0.15, -0.1) is 0 Å². The molecule has 0 fully saturated rings. The molecule has 0 amide bonds. The van der Waals surface area contributed by atoms with Gasteiger partial charge in [0.05, 0.1) is 0 Å². The Morgan fingerprint density at radius 1 is 1.06 bits per heavy atom. The second-order valence-electron chi connectivity index (χ2n) is 3.39. The van der Waals surface area contributed by atoms with Crippen molar-refractivity contribution >= 4 is 14.7 Å². The first kappa shape index (κ1) is 16.5. The summed E-state index contributed by atoms with van der Waals surface area (Å²) < 4.78 is 17.2. The Morgan fingerprint density at radius 2 is 1.59 bits per heavy atom. The molecule has 0 rings (SSSR count). The van der Waals surface area contributed by atoms with E-state index in [-0.39, 0.29) is 0 Å². The molecular weight excluding hydrogens is 234 g/mol. The van der Waals surface area contributed by atoms with Gasteiger partial charge in [-0.3, -0.25) is 0 Å². The predicted molar refractivity (Wildman–Crippen MR) is 72.6 cm³/mol. The highest BCUT2D eigenvalue weighted by atomic mass is 28.4. The SMILES string of the molecule is CC=C=NCCC[Si](OCC)(OCC)OCC. The number of rotatable bonds is 10. The summed E-state index contributed by atoms with van der Waals surface area (Å²) in [4.78, 5) is 4.12. The molecular formula is C12H25NO3Si. The summed E-state index contributed by atoms with van der Waals surface area (Å²) in [5, 5.41) is 0. The van der Waals surface area contributed by atoms with E-state index in [0.29, 0.717) is 19.8 Å². The fraction of sp³-hybridized carbons (Fsp3) is 0.833. The van der Waals surface area contributed by atoms with Gasteiger partial charge in [-0.1, -0.05) is 0 Å². The highest BCUT2D eigenvalue weighted by Crippen LogP contribution is 2.17. The molecule has 4 nitrogen and oxygen atoms in total. The van der Waals surface area contributed by atoms with E-state index in [1.807, 2.05) is 27.7 Å². The van der Waals surface area contributed by atoms with Crippen LogP contribution in [0.1, 0.15) is 34.1 Å². The van der Waals surface area contributed by atoms with Crippen molar-refractivity contribution in [3.8, 4) is 0 Å². The third-order valence-electron chi connectivity index (χ3n) is 2.07. The molecule has 0 N–H and O–H groups in total. The topological polar surface area (TPSA) is 40.0 Å². The van der Waals surface area contributed by atoms with Crippen molar-refractivity contribution in [3.05, 3.63) is 6.08 Å². The third-order valence-corrected chi connectivity index (χ3v) is 5.22. The maximum absolute atomic E-state index is 5.74. The van der Waals surface area contributed by atoms with Gasteiger partial charge in [0, 0.05) is 32.4 Å². The van der Waals surface area contributed by atoms with E-state index in [1.165, 1.54) is 0 Å². The first-order chi connectivity index (χ1) is 8.24. The molecule has 17 heavy (non-hydrogen) atoms. The number of nitrogens with zero attached hydrogens (tertiary/aromatic N) is 1. The zero-order valence-corrected chi connectivity index (χ0v) is 12.5. The molecule has 0 aliphatic heterocycles. The summed E-state index contributed by atoms with van der Waals surface area (Å²) in [6, 6.07) is 0.817. The molecule has 0 aliphatic carbocycles. The van der Waals surface area contributed by atoms with E-state index in [2.05, 4.69) is 10.9 Å². The van der Waals surface area contributed by atoms with Gasteiger partial charge in [-0.2, -0.15) is 0 Å². The van der Waals surface area contributed by atoms with Crippen molar-refractivity contribution in [1.29, 1.82) is 0 Å². The van der Waals surface area contributed by atoms with E-state index in [4.69, 9.17) is 13.3 Å². The summed E-state index contributed by atoms with van der Waals surface area (Å²) in [5.74, 6) is 2.82. The first-order valence-electron chi connectivity index (χ1n) is 6.36. The van der Waals surface area contributed by atoms with Crippen molar-refractivity contribution in [2.75, 3.05) is 26.4 Å². The molecule has 0 aromatic carbocycles. The average Bonchev–Trinajstić information content (AvgIpc) is 2.30. The Balaban J connectivity index is 4.27. The molecule has 0 heterocycles. The number of hydrogen-bond donors (Lipinski definition) is 0. The van der Waals surface area contributed by atoms with Crippen LogP contribution in [0.15, 0.2) is 11.1 Å². The standard InChI is InChI=1S/C12H25NO3Si/c1-5-10-13-11-9-12-17(14-6-2,15-7-3)16-8-4/h5H,6-9,11-12H2,1-4H3. The predicted octanol–water partition coefficient (Wildman–Crippen LogP) is 2.67. The molecule has 0 aromatic heterocycles. The van der Waals surface area contributed by atoms with Crippen LogP contribution in [0, 0.1) is 0 Å². The van der Waals surface area contributed by atoms with Gasteiger partial charge in [-0.05, 0) is 46.1 Å².